The van der Waals surface area contributed by atoms with Crippen molar-refractivity contribution in [3.63, 3.8) is 0 Å². The summed E-state index contributed by atoms with van der Waals surface area (Å²) in [6.45, 7) is 5.38. The largest absolute Gasteiger partial charge is 0.462 e. The molecular weight excluding hydrogens is 426 g/mol. The van der Waals surface area contributed by atoms with Gasteiger partial charge in [0, 0.05) is 20.5 Å². The van der Waals surface area contributed by atoms with Gasteiger partial charge in [-0.1, -0.05) is 6.92 Å². The average molecular weight is 452 g/mol. The fraction of sp³-hybridized carbons (Fsp3) is 0.474. The molecule has 0 radical (unpaired) electrons. The first-order valence-electron chi connectivity index (χ1n) is 9.57. The molecule has 2 aromatic rings. The number of anilines is 1. The maximum Gasteiger partial charge on any atom is 0.341 e. The molecule has 0 aliphatic rings. The zero-order chi connectivity index (χ0) is 23.3. The van der Waals surface area contributed by atoms with Crippen LogP contribution in [0, 0.1) is 24.0 Å². The van der Waals surface area contributed by atoms with Crippen molar-refractivity contribution >= 4 is 39.8 Å². The summed E-state index contributed by atoms with van der Waals surface area (Å²) in [5.41, 5.74) is 0.816. The summed E-state index contributed by atoms with van der Waals surface area (Å²) in [5.74, 6) is -1.32. The van der Waals surface area contributed by atoms with Crippen LogP contribution in [0.4, 0.5) is 10.7 Å². The Morgan fingerprint density at radius 2 is 2.00 bits per heavy atom. The van der Waals surface area contributed by atoms with Crippen molar-refractivity contribution in [2.24, 2.45) is 0 Å². The number of hydrogen-bond donors (Lipinski definition) is 1. The molecule has 2 rings (SSSR count). The van der Waals surface area contributed by atoms with Gasteiger partial charge in [0.25, 0.3) is 5.91 Å². The maximum absolute atomic E-state index is 12.6. The molecule has 31 heavy (non-hydrogen) atoms. The molecule has 0 spiro atoms. The van der Waals surface area contributed by atoms with Crippen molar-refractivity contribution < 1.29 is 24.0 Å². The molecule has 0 saturated heterocycles. The number of rotatable bonds is 9. The van der Waals surface area contributed by atoms with E-state index < -0.39 is 16.8 Å². The average Bonchev–Trinajstić information content (AvgIpc) is 3.23. The number of nitro groups is 1. The molecule has 0 aliphatic carbocycles. The van der Waals surface area contributed by atoms with Crippen LogP contribution in [0.3, 0.4) is 0 Å². The van der Waals surface area contributed by atoms with E-state index in [1.807, 2.05) is 6.92 Å². The summed E-state index contributed by atoms with van der Waals surface area (Å²) >= 11 is 1.01. The standard InChI is InChI=1S/C19H25N5O6S/c1-6-9-30-19(27)15-11(2)16(18(26)22(4)5)31-17(15)21-14(25)7-8-23-12(3)13(10-20-23)24(28)29/h10H,6-9H2,1-5H3,(H,21,25). The van der Waals surface area contributed by atoms with Crippen LogP contribution in [-0.2, 0) is 16.1 Å². The predicted octanol–water partition coefficient (Wildman–Crippen LogP) is 2.77. The lowest BCUT2D eigenvalue weighted by Gasteiger charge is -2.09. The lowest BCUT2D eigenvalue weighted by atomic mass is 10.1. The van der Waals surface area contributed by atoms with Crippen LogP contribution in [0.25, 0.3) is 0 Å². The molecular formula is C19H25N5O6S. The Morgan fingerprint density at radius 3 is 2.55 bits per heavy atom. The van der Waals surface area contributed by atoms with E-state index in [2.05, 4.69) is 10.4 Å². The lowest BCUT2D eigenvalue weighted by Crippen LogP contribution is -2.21. The Labute approximate surface area is 183 Å². The number of amides is 2. The summed E-state index contributed by atoms with van der Waals surface area (Å²) in [4.78, 5) is 49.7. The second kappa shape index (κ2) is 10.2. The third-order valence-electron chi connectivity index (χ3n) is 4.47. The Morgan fingerprint density at radius 1 is 1.32 bits per heavy atom. The molecule has 0 bridgehead atoms. The maximum atomic E-state index is 12.6. The van der Waals surface area contributed by atoms with Crippen LogP contribution < -0.4 is 5.32 Å². The number of esters is 1. The molecule has 2 heterocycles. The van der Waals surface area contributed by atoms with Gasteiger partial charge in [-0.05, 0) is 25.8 Å². The van der Waals surface area contributed by atoms with Crippen molar-refractivity contribution in [2.75, 3.05) is 26.0 Å². The number of carbonyl (C=O) groups excluding carboxylic acids is 3. The number of hydrogen-bond acceptors (Lipinski definition) is 8. The molecule has 2 amide bonds. The topological polar surface area (TPSA) is 137 Å². The van der Waals surface area contributed by atoms with Gasteiger partial charge >= 0.3 is 11.7 Å². The fourth-order valence-electron chi connectivity index (χ4n) is 2.76. The lowest BCUT2D eigenvalue weighted by molar-refractivity contribution is -0.385. The summed E-state index contributed by atoms with van der Waals surface area (Å²) in [6, 6.07) is 0. The van der Waals surface area contributed by atoms with Crippen LogP contribution in [0.5, 0.6) is 0 Å². The third-order valence-corrected chi connectivity index (χ3v) is 5.66. The van der Waals surface area contributed by atoms with Crippen LogP contribution in [-0.4, -0.2) is 58.1 Å². The molecule has 0 unspecified atom stereocenters. The second-order valence-corrected chi connectivity index (χ2v) is 8.01. The first kappa shape index (κ1) is 24.0. The molecule has 2 aromatic heterocycles. The van der Waals surface area contributed by atoms with Gasteiger partial charge in [-0.3, -0.25) is 24.4 Å². The molecule has 11 nitrogen and oxygen atoms in total. The highest BCUT2D eigenvalue weighted by Gasteiger charge is 2.27. The minimum absolute atomic E-state index is 0.0307. The SMILES string of the molecule is CCCOC(=O)c1c(NC(=O)CCn2ncc([N+](=O)[O-])c2C)sc(C(=O)N(C)C)c1C. The van der Waals surface area contributed by atoms with Crippen LogP contribution in [0.15, 0.2) is 6.20 Å². The Balaban J connectivity index is 2.22. The molecule has 0 atom stereocenters. The Kier molecular flexibility index (Phi) is 7.86. The van der Waals surface area contributed by atoms with Crippen molar-refractivity contribution in [1.29, 1.82) is 0 Å². The van der Waals surface area contributed by atoms with Crippen molar-refractivity contribution in [2.45, 2.75) is 40.2 Å². The number of ether oxygens (including phenoxy) is 1. The summed E-state index contributed by atoms with van der Waals surface area (Å²) < 4.78 is 6.59. The highest BCUT2D eigenvalue weighted by atomic mass is 32.1. The van der Waals surface area contributed by atoms with Crippen molar-refractivity contribution in [3.05, 3.63) is 38.0 Å². The molecule has 0 aliphatic heterocycles. The van der Waals surface area contributed by atoms with Gasteiger partial charge in [0.1, 0.15) is 16.9 Å². The molecule has 0 aromatic carbocycles. The number of carbonyl (C=O) groups is 3. The fourth-order valence-corrected chi connectivity index (χ4v) is 3.99. The zero-order valence-corrected chi connectivity index (χ0v) is 18.9. The van der Waals surface area contributed by atoms with Gasteiger partial charge in [-0.15, -0.1) is 11.3 Å². The monoisotopic (exact) mass is 451 g/mol. The number of aromatic nitrogens is 2. The number of aryl methyl sites for hydroxylation is 1. The normalized spacial score (nSPS) is 10.6. The van der Waals surface area contributed by atoms with E-state index in [1.54, 1.807) is 27.9 Å². The van der Waals surface area contributed by atoms with Gasteiger partial charge in [0.15, 0.2) is 0 Å². The minimum atomic E-state index is -0.609. The summed E-state index contributed by atoms with van der Waals surface area (Å²) in [5, 5.41) is 17.8. The van der Waals surface area contributed by atoms with E-state index in [4.69, 9.17) is 4.74 Å². The molecule has 1 N–H and O–H groups in total. The molecule has 12 heteroatoms. The van der Waals surface area contributed by atoms with Crippen LogP contribution in [0.1, 0.15) is 51.1 Å². The number of thiophene rings is 1. The van der Waals surface area contributed by atoms with Crippen LogP contribution >= 0.6 is 11.3 Å². The van der Waals surface area contributed by atoms with Crippen molar-refractivity contribution in [1.82, 2.24) is 14.7 Å². The van der Waals surface area contributed by atoms with Gasteiger partial charge in [0.05, 0.1) is 28.5 Å². The zero-order valence-electron chi connectivity index (χ0n) is 18.1. The quantitative estimate of drug-likeness (QED) is 0.351. The van der Waals surface area contributed by atoms with Gasteiger partial charge in [0.2, 0.25) is 5.91 Å². The first-order chi connectivity index (χ1) is 14.6. The molecule has 0 fully saturated rings. The number of nitrogens with zero attached hydrogens (tertiary/aromatic N) is 4. The van der Waals surface area contributed by atoms with E-state index in [1.165, 1.54) is 9.58 Å². The van der Waals surface area contributed by atoms with E-state index in [0.717, 1.165) is 17.5 Å². The molecule has 0 saturated carbocycles. The smallest absolute Gasteiger partial charge is 0.341 e. The van der Waals surface area contributed by atoms with Gasteiger partial charge in [-0.2, -0.15) is 5.10 Å². The summed E-state index contributed by atoms with van der Waals surface area (Å²) in [7, 11) is 3.20. The minimum Gasteiger partial charge on any atom is -0.462 e. The van der Waals surface area contributed by atoms with E-state index in [-0.39, 0.29) is 41.7 Å². The number of nitrogens with one attached hydrogen (secondary N) is 1. The molecule has 168 valence electrons. The van der Waals surface area contributed by atoms with Crippen LogP contribution in [0.2, 0.25) is 0 Å². The highest BCUT2D eigenvalue weighted by molar-refractivity contribution is 7.18. The van der Waals surface area contributed by atoms with Gasteiger partial charge in [-0.25, -0.2) is 4.79 Å². The Hall–Kier alpha value is -3.28. The van der Waals surface area contributed by atoms with Crippen molar-refractivity contribution in [3.8, 4) is 0 Å². The van der Waals surface area contributed by atoms with E-state index in [0.29, 0.717) is 22.6 Å². The predicted molar refractivity (Wildman–Crippen MR) is 115 cm³/mol. The first-order valence-corrected chi connectivity index (χ1v) is 10.4. The summed E-state index contributed by atoms with van der Waals surface area (Å²) in [6.07, 6.45) is 1.74. The van der Waals surface area contributed by atoms with E-state index in [9.17, 15) is 24.5 Å². The van der Waals surface area contributed by atoms with E-state index >= 15 is 0 Å². The second-order valence-electron chi connectivity index (χ2n) is 6.99. The third kappa shape index (κ3) is 5.45. The highest BCUT2D eigenvalue weighted by Crippen LogP contribution is 2.34. The van der Waals surface area contributed by atoms with Gasteiger partial charge < -0.3 is 15.0 Å². The Bertz CT molecular complexity index is 1010.